The summed E-state index contributed by atoms with van der Waals surface area (Å²) in [5.41, 5.74) is 3.79. The first kappa shape index (κ1) is 22.3. The van der Waals surface area contributed by atoms with Crippen LogP contribution in [0.3, 0.4) is 0 Å². The summed E-state index contributed by atoms with van der Waals surface area (Å²) in [5.74, 6) is 0.411. The number of benzene rings is 2. The second kappa shape index (κ2) is 10.6. The third-order valence-electron chi connectivity index (χ3n) is 4.51. The molecule has 0 radical (unpaired) electrons. The standard InChI is InChI=1S/C23H27N5O2S/c1-15(2)21-25-19(14-31-21)11-12-24-22(29)28-20-13-18(10-9-16(20)3)27-23(30)26-17-7-5-4-6-8-17/h4-10,13-15H,11-12H2,1-3H3,(H2,24,28,29)(H2,26,27,30). The molecule has 4 amide bonds. The highest BCUT2D eigenvalue weighted by atomic mass is 32.1. The lowest BCUT2D eigenvalue weighted by Gasteiger charge is -2.13. The molecule has 4 N–H and O–H groups in total. The lowest BCUT2D eigenvalue weighted by molar-refractivity contribution is 0.252. The van der Waals surface area contributed by atoms with Gasteiger partial charge >= 0.3 is 12.1 Å². The number of thiazole rings is 1. The fraction of sp³-hybridized carbons (Fsp3) is 0.261. The molecule has 0 atom stereocenters. The molecule has 1 heterocycles. The van der Waals surface area contributed by atoms with Gasteiger partial charge in [0, 0.05) is 41.3 Å². The van der Waals surface area contributed by atoms with Crippen LogP contribution in [-0.4, -0.2) is 23.6 Å². The number of carbonyl (C=O) groups excluding carboxylic acids is 2. The van der Waals surface area contributed by atoms with E-state index < -0.39 is 0 Å². The largest absolute Gasteiger partial charge is 0.337 e. The lowest BCUT2D eigenvalue weighted by Crippen LogP contribution is -2.30. The van der Waals surface area contributed by atoms with E-state index in [1.54, 1.807) is 35.6 Å². The van der Waals surface area contributed by atoms with Gasteiger partial charge in [-0.15, -0.1) is 11.3 Å². The molecule has 1 aromatic heterocycles. The zero-order valence-corrected chi connectivity index (χ0v) is 18.7. The fourth-order valence-electron chi connectivity index (χ4n) is 2.82. The summed E-state index contributed by atoms with van der Waals surface area (Å²) in [4.78, 5) is 29.1. The van der Waals surface area contributed by atoms with Crippen LogP contribution < -0.4 is 21.3 Å². The second-order valence-electron chi connectivity index (χ2n) is 7.44. The van der Waals surface area contributed by atoms with Gasteiger partial charge in [-0.2, -0.15) is 0 Å². The number of aryl methyl sites for hydroxylation is 1. The summed E-state index contributed by atoms with van der Waals surface area (Å²) >= 11 is 1.65. The van der Waals surface area contributed by atoms with Crippen molar-refractivity contribution in [2.75, 3.05) is 22.5 Å². The van der Waals surface area contributed by atoms with E-state index in [9.17, 15) is 9.59 Å². The predicted octanol–water partition coefficient (Wildman–Crippen LogP) is 5.58. The molecule has 3 aromatic rings. The minimum Gasteiger partial charge on any atom is -0.337 e. The van der Waals surface area contributed by atoms with Gasteiger partial charge in [-0.25, -0.2) is 14.6 Å². The van der Waals surface area contributed by atoms with Crippen molar-refractivity contribution >= 4 is 40.5 Å². The number of para-hydroxylation sites is 1. The molecule has 0 saturated heterocycles. The van der Waals surface area contributed by atoms with Crippen molar-refractivity contribution in [2.24, 2.45) is 0 Å². The molecule has 0 unspecified atom stereocenters. The summed E-state index contributed by atoms with van der Waals surface area (Å²) in [6.45, 7) is 6.62. The molecule has 0 bridgehead atoms. The molecule has 7 nitrogen and oxygen atoms in total. The first-order valence-electron chi connectivity index (χ1n) is 10.1. The van der Waals surface area contributed by atoms with E-state index in [1.807, 2.05) is 36.6 Å². The number of carbonyl (C=O) groups is 2. The third kappa shape index (κ3) is 6.82. The number of hydrogen-bond donors (Lipinski definition) is 4. The van der Waals surface area contributed by atoms with Crippen LogP contribution in [0.15, 0.2) is 53.9 Å². The van der Waals surface area contributed by atoms with Gasteiger partial charge in [0.05, 0.1) is 10.7 Å². The van der Waals surface area contributed by atoms with E-state index in [4.69, 9.17) is 0 Å². The van der Waals surface area contributed by atoms with E-state index in [-0.39, 0.29) is 12.1 Å². The van der Waals surface area contributed by atoms with Gasteiger partial charge in [0.25, 0.3) is 0 Å². The molecule has 0 aliphatic carbocycles. The van der Waals surface area contributed by atoms with Crippen LogP contribution in [0.1, 0.15) is 36.0 Å². The maximum Gasteiger partial charge on any atom is 0.323 e. The molecule has 0 saturated carbocycles. The van der Waals surface area contributed by atoms with Gasteiger partial charge in [-0.3, -0.25) is 0 Å². The summed E-state index contributed by atoms with van der Waals surface area (Å²) in [5, 5.41) is 14.4. The average molecular weight is 438 g/mol. The predicted molar refractivity (Wildman–Crippen MR) is 127 cm³/mol. The summed E-state index contributed by atoms with van der Waals surface area (Å²) in [7, 11) is 0. The Morgan fingerprint density at radius 1 is 0.968 bits per heavy atom. The molecule has 3 rings (SSSR count). The molecule has 0 aliphatic rings. The topological polar surface area (TPSA) is 95.2 Å². The van der Waals surface area contributed by atoms with E-state index in [0.29, 0.717) is 35.9 Å². The van der Waals surface area contributed by atoms with Gasteiger partial charge in [0.2, 0.25) is 0 Å². The molecule has 8 heteroatoms. The van der Waals surface area contributed by atoms with E-state index >= 15 is 0 Å². The van der Waals surface area contributed by atoms with Crippen molar-refractivity contribution in [3.63, 3.8) is 0 Å². The highest BCUT2D eigenvalue weighted by molar-refractivity contribution is 7.09. The Morgan fingerprint density at radius 2 is 1.71 bits per heavy atom. The molecule has 0 fully saturated rings. The Labute approximate surface area is 186 Å². The van der Waals surface area contributed by atoms with Crippen LogP contribution in [0.25, 0.3) is 0 Å². The van der Waals surface area contributed by atoms with Gasteiger partial charge in [0.15, 0.2) is 0 Å². The summed E-state index contributed by atoms with van der Waals surface area (Å²) in [6, 6.07) is 13.9. The second-order valence-corrected chi connectivity index (χ2v) is 8.33. The smallest absolute Gasteiger partial charge is 0.323 e. The number of rotatable bonds is 7. The maximum absolute atomic E-state index is 12.3. The van der Waals surface area contributed by atoms with Crippen LogP contribution in [0.4, 0.5) is 26.7 Å². The Morgan fingerprint density at radius 3 is 2.42 bits per heavy atom. The number of aromatic nitrogens is 1. The Hall–Kier alpha value is -3.39. The lowest BCUT2D eigenvalue weighted by atomic mass is 10.2. The van der Waals surface area contributed by atoms with Gasteiger partial charge in [-0.1, -0.05) is 38.1 Å². The van der Waals surface area contributed by atoms with Gasteiger partial charge in [-0.05, 0) is 36.8 Å². The molecule has 31 heavy (non-hydrogen) atoms. The molecule has 0 aliphatic heterocycles. The van der Waals surface area contributed by atoms with Crippen molar-refractivity contribution in [1.82, 2.24) is 10.3 Å². The zero-order valence-electron chi connectivity index (χ0n) is 17.9. The van der Waals surface area contributed by atoms with E-state index in [0.717, 1.165) is 16.3 Å². The Balaban J connectivity index is 1.50. The number of amides is 4. The zero-order chi connectivity index (χ0) is 22.2. The SMILES string of the molecule is Cc1ccc(NC(=O)Nc2ccccc2)cc1NC(=O)NCCc1csc(C(C)C)n1. The van der Waals surface area contributed by atoms with Crippen LogP contribution >= 0.6 is 11.3 Å². The van der Waals surface area contributed by atoms with Crippen LogP contribution in [0.2, 0.25) is 0 Å². The normalized spacial score (nSPS) is 10.6. The molecule has 162 valence electrons. The van der Waals surface area contributed by atoms with Crippen molar-refractivity contribution in [3.05, 3.63) is 70.2 Å². The average Bonchev–Trinajstić information content (AvgIpc) is 3.20. The highest BCUT2D eigenvalue weighted by Crippen LogP contribution is 2.21. The quantitative estimate of drug-likeness (QED) is 0.388. The van der Waals surface area contributed by atoms with Crippen molar-refractivity contribution < 1.29 is 9.59 Å². The van der Waals surface area contributed by atoms with Crippen LogP contribution in [0, 0.1) is 6.92 Å². The minimum atomic E-state index is -0.352. The number of nitrogens with zero attached hydrogens (tertiary/aromatic N) is 1. The molecule has 0 spiro atoms. The van der Waals surface area contributed by atoms with Crippen LogP contribution in [0.5, 0.6) is 0 Å². The monoisotopic (exact) mass is 437 g/mol. The number of anilines is 3. The van der Waals surface area contributed by atoms with Crippen LogP contribution in [-0.2, 0) is 6.42 Å². The first-order valence-corrected chi connectivity index (χ1v) is 11.0. The van der Waals surface area contributed by atoms with E-state index in [1.165, 1.54) is 0 Å². The minimum absolute atomic E-state index is 0.298. The van der Waals surface area contributed by atoms with Crippen molar-refractivity contribution in [2.45, 2.75) is 33.1 Å². The fourth-order valence-corrected chi connectivity index (χ4v) is 3.69. The first-order chi connectivity index (χ1) is 14.9. The third-order valence-corrected chi connectivity index (χ3v) is 5.70. The van der Waals surface area contributed by atoms with Gasteiger partial charge < -0.3 is 21.3 Å². The molecular weight excluding hydrogens is 410 g/mol. The van der Waals surface area contributed by atoms with E-state index in [2.05, 4.69) is 40.1 Å². The van der Waals surface area contributed by atoms with Crippen molar-refractivity contribution in [1.29, 1.82) is 0 Å². The highest BCUT2D eigenvalue weighted by Gasteiger charge is 2.09. The van der Waals surface area contributed by atoms with Gasteiger partial charge in [0.1, 0.15) is 0 Å². The Kier molecular flexibility index (Phi) is 7.61. The summed E-state index contributed by atoms with van der Waals surface area (Å²) < 4.78 is 0. The number of hydrogen-bond acceptors (Lipinski definition) is 4. The summed E-state index contributed by atoms with van der Waals surface area (Å²) in [6.07, 6.45) is 0.677. The molecular formula is C23H27N5O2S. The Bertz CT molecular complexity index is 1030. The maximum atomic E-state index is 12.3. The molecule has 2 aromatic carbocycles. The number of nitrogens with one attached hydrogen (secondary N) is 4. The number of urea groups is 2. The van der Waals surface area contributed by atoms with Crippen molar-refractivity contribution in [3.8, 4) is 0 Å².